The quantitative estimate of drug-likeness (QED) is 0.194. The van der Waals surface area contributed by atoms with Crippen LogP contribution in [0.15, 0.2) is 109 Å². The van der Waals surface area contributed by atoms with Gasteiger partial charge in [-0.15, -0.1) is 0 Å². The van der Waals surface area contributed by atoms with Gasteiger partial charge >= 0.3 is 0 Å². The maximum absolute atomic E-state index is 10.9. The molecule has 0 aliphatic carbocycles. The molecule has 0 atom stereocenters. The largest absolute Gasteiger partial charge is 0.507 e. The first-order valence-corrected chi connectivity index (χ1v) is 14.5. The maximum atomic E-state index is 10.9. The molecule has 9 heteroatoms. The molecule has 0 saturated carbocycles. The molecule has 0 spiro atoms. The third-order valence-corrected chi connectivity index (χ3v) is 7.99. The zero-order valence-electron chi connectivity index (χ0n) is 24.7. The minimum absolute atomic E-state index is 0. The third kappa shape index (κ3) is 4.73. The molecule has 0 amide bonds. The number of benzene rings is 2. The minimum atomic E-state index is -0.181. The Hall–Kier alpha value is -5.07. The Balaban J connectivity index is 0.00000325. The van der Waals surface area contributed by atoms with Gasteiger partial charge in [0.2, 0.25) is 11.8 Å². The molecule has 2 aromatic carbocycles. The molecule has 0 unspecified atom stereocenters. The van der Waals surface area contributed by atoms with Gasteiger partial charge in [0.25, 0.3) is 0 Å². The van der Waals surface area contributed by atoms with Crippen LogP contribution in [0.25, 0.3) is 55.5 Å². The van der Waals surface area contributed by atoms with Gasteiger partial charge < -0.3 is 9.84 Å². The van der Waals surface area contributed by atoms with E-state index >= 15 is 0 Å². The summed E-state index contributed by atoms with van der Waals surface area (Å²) in [6.45, 7) is 6.50. The van der Waals surface area contributed by atoms with Crippen LogP contribution in [0.1, 0.15) is 26.3 Å². The number of hydrogen-bond acceptors (Lipinski definition) is 6. The van der Waals surface area contributed by atoms with Gasteiger partial charge in [-0.25, -0.2) is 15.0 Å². The number of pyridine rings is 4. The van der Waals surface area contributed by atoms with E-state index < -0.39 is 0 Å². The molecule has 8 aromatic rings. The van der Waals surface area contributed by atoms with Crippen LogP contribution in [0, 0.1) is 0 Å². The topological polar surface area (TPSA) is 90.9 Å². The van der Waals surface area contributed by atoms with Crippen LogP contribution in [0.2, 0.25) is 0 Å². The Morgan fingerprint density at radius 2 is 1.42 bits per heavy atom. The van der Waals surface area contributed by atoms with Gasteiger partial charge in [-0.05, 0) is 59.5 Å². The summed E-state index contributed by atoms with van der Waals surface area (Å²) >= 11 is 0. The average Bonchev–Trinajstić information content (AvgIpc) is 3.54. The second kappa shape index (κ2) is 10.8. The van der Waals surface area contributed by atoms with Gasteiger partial charge in [0.05, 0.1) is 16.4 Å². The van der Waals surface area contributed by atoms with Crippen LogP contribution in [0.3, 0.4) is 0 Å². The average molecular weight is 772 g/mol. The fourth-order valence-corrected chi connectivity index (χ4v) is 5.87. The van der Waals surface area contributed by atoms with Gasteiger partial charge in [0, 0.05) is 62.1 Å². The van der Waals surface area contributed by atoms with E-state index in [2.05, 4.69) is 54.6 Å². The number of aromatic hydroxyl groups is 1. The Morgan fingerprint density at radius 1 is 0.667 bits per heavy atom. The Bertz CT molecular complexity index is 2320. The van der Waals surface area contributed by atoms with Crippen molar-refractivity contribution in [3.63, 3.8) is 0 Å². The summed E-state index contributed by atoms with van der Waals surface area (Å²) in [7, 11) is 0. The number of para-hydroxylation sites is 2. The van der Waals surface area contributed by atoms with Crippen molar-refractivity contribution in [2.45, 2.75) is 26.2 Å². The first kappa shape index (κ1) is 28.7. The maximum Gasteiger partial charge on any atom is 0.223 e. The first-order chi connectivity index (χ1) is 21.4. The van der Waals surface area contributed by atoms with E-state index in [0.717, 1.165) is 38.7 Å². The molecular formula is C36H28N6O2Pt. The zero-order valence-corrected chi connectivity index (χ0v) is 27.0. The van der Waals surface area contributed by atoms with Crippen molar-refractivity contribution in [3.8, 4) is 29.0 Å². The molecule has 1 N–H and O–H groups in total. The normalized spacial score (nSPS) is 11.8. The number of hydrogen-bond donors (Lipinski definition) is 1. The standard InChI is InChI=1S/C36H28N6O2.Pt/c1-36(2,3)22-20-29(42-26-14-8-7-12-24(26)25-13-9-18-37-34(25)42)39-31(21-22)44-30-16-15-27-33(40-30)32-28(43)17-19-38-35(32)41(27)23-10-5-4-6-11-23;/h4-21H,1-3H3,(H,38,43);. The van der Waals surface area contributed by atoms with E-state index in [-0.39, 0.29) is 32.2 Å². The summed E-state index contributed by atoms with van der Waals surface area (Å²) in [5.41, 5.74) is 5.65. The van der Waals surface area contributed by atoms with Crippen LogP contribution in [0.5, 0.6) is 17.5 Å². The van der Waals surface area contributed by atoms with Crippen molar-refractivity contribution >= 4 is 44.0 Å². The van der Waals surface area contributed by atoms with Crippen molar-refractivity contribution in [2.24, 2.45) is 0 Å². The van der Waals surface area contributed by atoms with Crippen LogP contribution < -0.4 is 4.74 Å². The van der Waals surface area contributed by atoms with Crippen LogP contribution in [-0.2, 0) is 26.5 Å². The van der Waals surface area contributed by atoms with Gasteiger partial charge in [0.15, 0.2) is 5.65 Å². The van der Waals surface area contributed by atoms with Crippen molar-refractivity contribution in [1.29, 1.82) is 0 Å². The number of nitrogens with zero attached hydrogens (tertiary/aromatic N) is 6. The molecule has 0 aliphatic heterocycles. The smallest absolute Gasteiger partial charge is 0.223 e. The molecule has 0 fully saturated rings. The minimum Gasteiger partial charge on any atom is -0.507 e. The van der Waals surface area contributed by atoms with Gasteiger partial charge in [-0.3, -0.25) is 9.13 Å². The molecule has 45 heavy (non-hydrogen) atoms. The third-order valence-electron chi connectivity index (χ3n) is 7.99. The van der Waals surface area contributed by atoms with Crippen molar-refractivity contribution in [2.75, 3.05) is 0 Å². The molecule has 0 bridgehead atoms. The summed E-state index contributed by atoms with van der Waals surface area (Å²) in [6, 6.07) is 31.6. The van der Waals surface area contributed by atoms with Crippen molar-refractivity contribution < 1.29 is 30.9 Å². The predicted octanol–water partition coefficient (Wildman–Crippen LogP) is 8.25. The zero-order chi connectivity index (χ0) is 30.0. The second-order valence-corrected chi connectivity index (χ2v) is 11.8. The van der Waals surface area contributed by atoms with E-state index in [1.54, 1.807) is 18.5 Å². The second-order valence-electron chi connectivity index (χ2n) is 11.8. The summed E-state index contributed by atoms with van der Waals surface area (Å²) in [5.74, 6) is 1.59. The number of rotatable bonds is 4. The summed E-state index contributed by atoms with van der Waals surface area (Å²) < 4.78 is 10.5. The van der Waals surface area contributed by atoms with E-state index in [0.29, 0.717) is 34.1 Å². The first-order valence-electron chi connectivity index (χ1n) is 14.5. The molecule has 224 valence electrons. The number of aromatic nitrogens is 6. The van der Waals surface area contributed by atoms with Crippen LogP contribution >= 0.6 is 0 Å². The molecular weight excluding hydrogens is 744 g/mol. The van der Waals surface area contributed by atoms with E-state index in [4.69, 9.17) is 19.7 Å². The van der Waals surface area contributed by atoms with Gasteiger partial charge in [-0.1, -0.05) is 57.2 Å². The molecule has 6 aromatic heterocycles. The monoisotopic (exact) mass is 771 g/mol. The summed E-state index contributed by atoms with van der Waals surface area (Å²) in [5, 5.41) is 13.6. The van der Waals surface area contributed by atoms with E-state index in [1.807, 2.05) is 71.3 Å². The number of ether oxygens (including phenoxy) is 1. The SMILES string of the molecule is CC(C)(C)c1cc(Oc2ccc3c(n2)c2c(O)ccnc2n3-c2ccccc2)nc(-n2c3ccccc3c3cccnc32)c1.[Pt]. The fraction of sp³-hybridized carbons (Fsp3) is 0.111. The molecule has 0 saturated heterocycles. The fourth-order valence-electron chi connectivity index (χ4n) is 5.87. The number of fused-ring (bicyclic) bond motifs is 6. The summed E-state index contributed by atoms with van der Waals surface area (Å²) in [6.07, 6.45) is 3.40. The molecule has 6 heterocycles. The Morgan fingerprint density at radius 3 is 2.24 bits per heavy atom. The molecule has 0 aliphatic rings. The van der Waals surface area contributed by atoms with Crippen molar-refractivity contribution in [3.05, 3.63) is 115 Å². The molecule has 8 rings (SSSR count). The van der Waals surface area contributed by atoms with E-state index in [9.17, 15) is 5.11 Å². The van der Waals surface area contributed by atoms with Gasteiger partial charge in [-0.2, -0.15) is 4.98 Å². The van der Waals surface area contributed by atoms with Crippen LogP contribution in [-0.4, -0.2) is 34.2 Å². The van der Waals surface area contributed by atoms with E-state index in [1.165, 1.54) is 0 Å². The van der Waals surface area contributed by atoms with Gasteiger partial charge in [0.1, 0.15) is 22.7 Å². The molecule has 0 radical (unpaired) electrons. The Labute approximate surface area is 273 Å². The predicted molar refractivity (Wildman–Crippen MR) is 173 cm³/mol. The van der Waals surface area contributed by atoms with Crippen molar-refractivity contribution in [1.82, 2.24) is 29.1 Å². The Kier molecular flexibility index (Phi) is 6.90. The molecule has 8 nitrogen and oxygen atoms in total. The summed E-state index contributed by atoms with van der Waals surface area (Å²) in [4.78, 5) is 19.2. The van der Waals surface area contributed by atoms with Crippen LogP contribution in [0.4, 0.5) is 0 Å².